The SMILES string of the molecule is [Al][O]c1ccccc1-c1nc2ccccc2s1. The lowest BCUT2D eigenvalue weighted by Gasteiger charge is -2.06. The summed E-state index contributed by atoms with van der Waals surface area (Å²) in [7, 11) is 0. The predicted octanol–water partition coefficient (Wildman–Crippen LogP) is 3.43. The molecule has 2 aromatic carbocycles. The maximum absolute atomic E-state index is 5.28. The van der Waals surface area contributed by atoms with Crippen LogP contribution in [-0.4, -0.2) is 21.6 Å². The van der Waals surface area contributed by atoms with Crippen LogP contribution in [0.3, 0.4) is 0 Å². The van der Waals surface area contributed by atoms with Crippen molar-refractivity contribution in [2.45, 2.75) is 0 Å². The Morgan fingerprint density at radius 1 is 1.00 bits per heavy atom. The van der Waals surface area contributed by atoms with Gasteiger partial charge in [0.2, 0.25) is 0 Å². The molecule has 0 bridgehead atoms. The van der Waals surface area contributed by atoms with Gasteiger partial charge in [-0.1, -0.05) is 24.3 Å². The molecule has 4 heteroatoms. The zero-order chi connectivity index (χ0) is 11.7. The van der Waals surface area contributed by atoms with Gasteiger partial charge in [-0.25, -0.2) is 4.98 Å². The lowest BCUT2D eigenvalue weighted by Crippen LogP contribution is -1.88. The van der Waals surface area contributed by atoms with E-state index < -0.39 is 0 Å². The first-order valence-corrected chi connectivity index (χ1v) is 6.49. The van der Waals surface area contributed by atoms with Crippen LogP contribution in [0.2, 0.25) is 0 Å². The highest BCUT2D eigenvalue weighted by Crippen LogP contribution is 2.35. The Kier molecular flexibility index (Phi) is 2.86. The molecule has 1 heterocycles. The number of rotatable bonds is 2. The molecule has 0 N–H and O–H groups in total. The lowest BCUT2D eigenvalue weighted by molar-refractivity contribution is 0.618. The van der Waals surface area contributed by atoms with E-state index in [-0.39, 0.29) is 0 Å². The monoisotopic (exact) mass is 253 g/mol. The summed E-state index contributed by atoms with van der Waals surface area (Å²) in [5.74, 6) is 0.830. The molecule has 0 atom stereocenters. The molecule has 0 unspecified atom stereocenters. The highest BCUT2D eigenvalue weighted by atomic mass is 32.1. The number of para-hydroxylation sites is 2. The second-order valence-electron chi connectivity index (χ2n) is 3.60. The molecule has 0 fully saturated rings. The number of nitrogens with zero attached hydrogens (tertiary/aromatic N) is 1. The molecule has 2 radical (unpaired) electrons. The molecule has 0 aliphatic heterocycles. The van der Waals surface area contributed by atoms with Gasteiger partial charge in [0, 0.05) is 5.56 Å². The first kappa shape index (κ1) is 10.8. The van der Waals surface area contributed by atoms with Crippen molar-refractivity contribution in [2.75, 3.05) is 0 Å². The van der Waals surface area contributed by atoms with Crippen molar-refractivity contribution in [3.63, 3.8) is 0 Å². The number of aromatic nitrogens is 1. The van der Waals surface area contributed by atoms with Gasteiger partial charge >= 0.3 is 16.6 Å². The highest BCUT2D eigenvalue weighted by Gasteiger charge is 2.09. The van der Waals surface area contributed by atoms with E-state index in [1.165, 1.54) is 4.70 Å². The summed E-state index contributed by atoms with van der Waals surface area (Å²) >= 11 is 3.96. The van der Waals surface area contributed by atoms with Gasteiger partial charge in [0.15, 0.2) is 0 Å². The Hall–Kier alpha value is -1.34. The topological polar surface area (TPSA) is 22.1 Å². The van der Waals surface area contributed by atoms with Crippen molar-refractivity contribution in [1.29, 1.82) is 0 Å². The Morgan fingerprint density at radius 2 is 1.76 bits per heavy atom. The minimum absolute atomic E-state index is 0.830. The van der Waals surface area contributed by atoms with Crippen molar-refractivity contribution < 1.29 is 3.79 Å². The Bertz CT molecular complexity index is 632. The number of benzene rings is 2. The molecule has 2 nitrogen and oxygen atoms in total. The van der Waals surface area contributed by atoms with Crippen LogP contribution in [0.4, 0.5) is 0 Å². The van der Waals surface area contributed by atoms with Gasteiger partial charge in [0.05, 0.1) is 16.0 Å². The van der Waals surface area contributed by atoms with Gasteiger partial charge in [-0.05, 0) is 24.3 Å². The molecule has 3 aromatic rings. The molecule has 0 saturated carbocycles. The molecular weight excluding hydrogens is 245 g/mol. The predicted molar refractivity (Wildman–Crippen MR) is 71.4 cm³/mol. The van der Waals surface area contributed by atoms with E-state index in [1.54, 1.807) is 11.3 Å². The van der Waals surface area contributed by atoms with Crippen LogP contribution < -0.4 is 3.79 Å². The summed E-state index contributed by atoms with van der Waals surface area (Å²) in [5.41, 5.74) is 2.06. The maximum atomic E-state index is 5.28. The average molecular weight is 253 g/mol. The van der Waals surface area contributed by atoms with E-state index in [4.69, 9.17) is 3.79 Å². The normalized spacial score (nSPS) is 10.6. The van der Waals surface area contributed by atoms with Crippen molar-refractivity contribution in [3.05, 3.63) is 48.5 Å². The van der Waals surface area contributed by atoms with Crippen LogP contribution >= 0.6 is 11.3 Å². The summed E-state index contributed by atoms with van der Waals surface area (Å²) in [4.78, 5) is 4.62. The fourth-order valence-corrected chi connectivity index (χ4v) is 2.93. The number of hydrogen-bond donors (Lipinski definition) is 0. The quantitative estimate of drug-likeness (QED) is 0.653. The van der Waals surface area contributed by atoms with Crippen LogP contribution in [0, 0.1) is 0 Å². The second kappa shape index (κ2) is 4.50. The molecule has 0 spiro atoms. The molecule has 17 heavy (non-hydrogen) atoms. The van der Waals surface area contributed by atoms with Gasteiger partial charge in [-0.3, -0.25) is 0 Å². The molecular formula is C13H8AlNOS. The molecule has 0 amide bonds. The standard InChI is InChI=1S/C13H9NOS.Al/c15-11-7-3-1-5-9(11)13-14-10-6-2-4-8-12(10)16-13;/h1-8,15H;/q;+1/p-1. The molecule has 80 valence electrons. The third kappa shape index (κ3) is 1.96. The Morgan fingerprint density at radius 3 is 2.59 bits per heavy atom. The first-order valence-electron chi connectivity index (χ1n) is 5.20. The zero-order valence-electron chi connectivity index (χ0n) is 8.96. The number of thiazole rings is 1. The van der Waals surface area contributed by atoms with E-state index in [1.807, 2.05) is 42.5 Å². The molecule has 1 aromatic heterocycles. The third-order valence-electron chi connectivity index (χ3n) is 2.54. The maximum Gasteiger partial charge on any atom is 0.482 e. The minimum Gasteiger partial charge on any atom is -0.653 e. The molecule has 0 aliphatic carbocycles. The van der Waals surface area contributed by atoms with Gasteiger partial charge in [-0.2, -0.15) is 0 Å². The fraction of sp³-hybridized carbons (Fsp3) is 0. The Balaban J connectivity index is 2.20. The summed E-state index contributed by atoms with van der Waals surface area (Å²) in [5, 5.41) is 0.990. The van der Waals surface area contributed by atoms with Crippen LogP contribution in [0.25, 0.3) is 20.8 Å². The van der Waals surface area contributed by atoms with E-state index in [0.29, 0.717) is 0 Å². The smallest absolute Gasteiger partial charge is 0.482 e. The highest BCUT2D eigenvalue weighted by molar-refractivity contribution is 7.21. The molecule has 0 aliphatic rings. The van der Waals surface area contributed by atoms with Gasteiger partial charge in [-0.15, -0.1) is 11.3 Å². The Labute approximate surface area is 112 Å². The van der Waals surface area contributed by atoms with Crippen LogP contribution in [0.15, 0.2) is 48.5 Å². The van der Waals surface area contributed by atoms with Crippen LogP contribution in [0.1, 0.15) is 0 Å². The summed E-state index contributed by atoms with van der Waals surface area (Å²) in [6, 6.07) is 16.1. The lowest BCUT2D eigenvalue weighted by atomic mass is 10.2. The number of hydrogen-bond acceptors (Lipinski definition) is 3. The first-order chi connectivity index (χ1) is 8.38. The van der Waals surface area contributed by atoms with Crippen molar-refractivity contribution in [2.24, 2.45) is 0 Å². The fourth-order valence-electron chi connectivity index (χ4n) is 1.73. The molecule has 0 saturated heterocycles. The van der Waals surface area contributed by atoms with E-state index in [9.17, 15) is 0 Å². The van der Waals surface area contributed by atoms with E-state index in [0.717, 1.165) is 21.8 Å². The van der Waals surface area contributed by atoms with Gasteiger partial charge < -0.3 is 3.79 Å². The number of fused-ring (bicyclic) bond motifs is 1. The summed E-state index contributed by atoms with van der Waals surface area (Å²) in [6.45, 7) is 0. The van der Waals surface area contributed by atoms with E-state index >= 15 is 0 Å². The van der Waals surface area contributed by atoms with Crippen molar-refractivity contribution in [3.8, 4) is 16.3 Å². The average Bonchev–Trinajstić information content (AvgIpc) is 2.82. The summed E-state index contributed by atoms with van der Waals surface area (Å²) in [6.07, 6.45) is 0. The molecule has 3 rings (SSSR count). The van der Waals surface area contributed by atoms with E-state index in [2.05, 4.69) is 27.7 Å². The van der Waals surface area contributed by atoms with Crippen molar-refractivity contribution >= 4 is 38.2 Å². The van der Waals surface area contributed by atoms with Gasteiger partial charge in [0.1, 0.15) is 5.01 Å². The van der Waals surface area contributed by atoms with Crippen LogP contribution in [0.5, 0.6) is 5.75 Å². The zero-order valence-corrected chi connectivity index (χ0v) is 10.9. The van der Waals surface area contributed by atoms with Gasteiger partial charge in [0.25, 0.3) is 0 Å². The minimum atomic E-state index is 0.830. The van der Waals surface area contributed by atoms with Crippen molar-refractivity contribution in [1.82, 2.24) is 4.98 Å². The largest absolute Gasteiger partial charge is 0.653 e. The summed E-state index contributed by atoms with van der Waals surface area (Å²) < 4.78 is 6.47. The third-order valence-corrected chi connectivity index (χ3v) is 3.86. The van der Waals surface area contributed by atoms with Crippen LogP contribution in [-0.2, 0) is 0 Å². The second-order valence-corrected chi connectivity index (χ2v) is 4.87.